The quantitative estimate of drug-likeness (QED) is 0.724. The summed E-state index contributed by atoms with van der Waals surface area (Å²) in [6, 6.07) is 3.69. The van der Waals surface area contributed by atoms with E-state index >= 15 is 0 Å². The Balaban J connectivity index is 1.52. The molecule has 1 aromatic heterocycles. The summed E-state index contributed by atoms with van der Waals surface area (Å²) in [4.78, 5) is 17.5. The zero-order chi connectivity index (χ0) is 20.6. The number of piperidine rings is 1. The van der Waals surface area contributed by atoms with Gasteiger partial charge in [0.1, 0.15) is 11.3 Å². The number of amides is 1. The van der Waals surface area contributed by atoms with Crippen molar-refractivity contribution >= 4 is 6.09 Å². The van der Waals surface area contributed by atoms with Crippen molar-refractivity contribution in [2.75, 3.05) is 19.7 Å². The Morgan fingerprint density at radius 2 is 1.89 bits per heavy atom. The summed E-state index contributed by atoms with van der Waals surface area (Å²) in [7, 11) is 0. The first-order valence-electron chi connectivity index (χ1n) is 9.64. The number of alkyl halides is 3. The van der Waals surface area contributed by atoms with Gasteiger partial charge in [-0.15, -0.1) is 0 Å². The third kappa shape index (κ3) is 4.70. The highest BCUT2D eigenvalue weighted by Gasteiger charge is 2.49. The zero-order valence-electron chi connectivity index (χ0n) is 16.5. The van der Waals surface area contributed by atoms with Gasteiger partial charge in [0.25, 0.3) is 0 Å². The lowest BCUT2D eigenvalue weighted by Crippen LogP contribution is -2.52. The van der Waals surface area contributed by atoms with Gasteiger partial charge in [-0.1, -0.05) is 6.07 Å². The van der Waals surface area contributed by atoms with E-state index in [1.54, 1.807) is 4.90 Å². The van der Waals surface area contributed by atoms with E-state index in [-0.39, 0.29) is 23.3 Å². The maximum atomic E-state index is 12.8. The summed E-state index contributed by atoms with van der Waals surface area (Å²) in [5.41, 5.74) is -1.36. The van der Waals surface area contributed by atoms with E-state index in [1.807, 2.05) is 20.8 Å². The Bertz CT molecular complexity index is 707. The first-order chi connectivity index (χ1) is 13.0. The molecule has 156 valence electrons. The molecule has 2 aliphatic rings. The van der Waals surface area contributed by atoms with Gasteiger partial charge in [0, 0.05) is 19.2 Å². The number of ether oxygens (including phenoxy) is 2. The average Bonchev–Trinajstić information content (AvgIpc) is 2.59. The van der Waals surface area contributed by atoms with Gasteiger partial charge >= 0.3 is 12.3 Å². The number of carbonyl (C=O) groups excluding carboxylic acids is 1. The summed E-state index contributed by atoms with van der Waals surface area (Å²) in [6.07, 6.45) is -1.02. The number of hydrogen-bond donors (Lipinski definition) is 0. The van der Waals surface area contributed by atoms with E-state index in [4.69, 9.17) is 9.47 Å². The summed E-state index contributed by atoms with van der Waals surface area (Å²) >= 11 is 0. The summed E-state index contributed by atoms with van der Waals surface area (Å²) in [5.74, 6) is 0.271. The maximum Gasteiger partial charge on any atom is 0.433 e. The van der Waals surface area contributed by atoms with E-state index in [1.165, 1.54) is 12.1 Å². The van der Waals surface area contributed by atoms with Crippen molar-refractivity contribution in [3.63, 3.8) is 0 Å². The lowest BCUT2D eigenvalue weighted by Gasteiger charge is -2.53. The van der Waals surface area contributed by atoms with Gasteiger partial charge in [-0.05, 0) is 63.9 Å². The van der Waals surface area contributed by atoms with Crippen molar-refractivity contribution in [1.29, 1.82) is 0 Å². The highest BCUT2D eigenvalue weighted by Crippen LogP contribution is 2.53. The summed E-state index contributed by atoms with van der Waals surface area (Å²) < 4.78 is 49.3. The van der Waals surface area contributed by atoms with Gasteiger partial charge in [0.05, 0.1) is 6.61 Å². The van der Waals surface area contributed by atoms with Crippen LogP contribution in [0, 0.1) is 11.3 Å². The third-order valence-corrected chi connectivity index (χ3v) is 5.71. The molecule has 1 aliphatic heterocycles. The molecule has 8 heteroatoms. The molecule has 28 heavy (non-hydrogen) atoms. The van der Waals surface area contributed by atoms with Crippen LogP contribution in [0.25, 0.3) is 0 Å². The van der Waals surface area contributed by atoms with Crippen LogP contribution in [0.3, 0.4) is 0 Å². The second-order valence-corrected chi connectivity index (χ2v) is 8.74. The van der Waals surface area contributed by atoms with Crippen LogP contribution in [-0.2, 0) is 10.9 Å². The fraction of sp³-hybridized carbons (Fsp3) is 0.700. The van der Waals surface area contributed by atoms with Gasteiger partial charge in [0.2, 0.25) is 5.88 Å². The first-order valence-corrected chi connectivity index (χ1v) is 9.64. The molecule has 5 nitrogen and oxygen atoms in total. The summed E-state index contributed by atoms with van der Waals surface area (Å²) in [5, 5.41) is 0. The Morgan fingerprint density at radius 1 is 1.21 bits per heavy atom. The van der Waals surface area contributed by atoms with Gasteiger partial charge in [0.15, 0.2) is 0 Å². The fourth-order valence-corrected chi connectivity index (χ4v) is 3.98. The van der Waals surface area contributed by atoms with Crippen molar-refractivity contribution in [3.05, 3.63) is 23.9 Å². The van der Waals surface area contributed by atoms with Gasteiger partial charge < -0.3 is 14.4 Å². The zero-order valence-corrected chi connectivity index (χ0v) is 16.5. The van der Waals surface area contributed by atoms with Crippen LogP contribution in [0.2, 0.25) is 0 Å². The van der Waals surface area contributed by atoms with Crippen molar-refractivity contribution in [1.82, 2.24) is 9.88 Å². The van der Waals surface area contributed by atoms with Crippen molar-refractivity contribution < 1.29 is 27.4 Å². The predicted molar refractivity (Wildman–Crippen MR) is 96.9 cm³/mol. The van der Waals surface area contributed by atoms with Crippen LogP contribution >= 0.6 is 0 Å². The molecular weight excluding hydrogens is 373 g/mol. The van der Waals surface area contributed by atoms with E-state index in [0.29, 0.717) is 19.7 Å². The van der Waals surface area contributed by atoms with E-state index in [9.17, 15) is 18.0 Å². The van der Waals surface area contributed by atoms with Gasteiger partial charge in [-0.25, -0.2) is 9.78 Å². The van der Waals surface area contributed by atoms with E-state index in [0.717, 1.165) is 31.7 Å². The standard InChI is InChI=1S/C20H27F3N2O3/c1-18(2,3)28-17(26)25-11-9-19(10-12-25)8-7-14(19)13-27-16-6-4-5-15(24-16)20(21,22)23/h4-6,14H,7-13H2,1-3H3. The van der Waals surface area contributed by atoms with Gasteiger partial charge in [-0.3, -0.25) is 0 Å². The Hall–Kier alpha value is -1.99. The SMILES string of the molecule is CC(C)(C)OC(=O)N1CCC2(CCC2COc2cccc(C(F)(F)F)n2)CC1. The molecule has 1 atom stereocenters. The first kappa shape index (κ1) is 20.7. The molecule has 2 heterocycles. The molecular formula is C20H27F3N2O3. The monoisotopic (exact) mass is 400 g/mol. The Labute approximate surface area is 163 Å². The number of pyridine rings is 1. The Morgan fingerprint density at radius 3 is 2.43 bits per heavy atom. The minimum Gasteiger partial charge on any atom is -0.477 e. The number of likely N-dealkylation sites (tertiary alicyclic amines) is 1. The summed E-state index contributed by atoms with van der Waals surface area (Å²) in [6.45, 7) is 7.15. The third-order valence-electron chi connectivity index (χ3n) is 5.71. The molecule has 0 aromatic carbocycles. The Kier molecular flexibility index (Phi) is 5.51. The second kappa shape index (κ2) is 7.44. The van der Waals surface area contributed by atoms with Crippen molar-refractivity contribution in [3.8, 4) is 5.88 Å². The fourth-order valence-electron chi connectivity index (χ4n) is 3.98. The molecule has 1 saturated heterocycles. The molecule has 1 aromatic rings. The number of aromatic nitrogens is 1. The lowest BCUT2D eigenvalue weighted by molar-refractivity contribution is -0.141. The number of rotatable bonds is 3. The molecule has 0 bridgehead atoms. The number of carbonyl (C=O) groups is 1. The van der Waals surface area contributed by atoms with Crippen molar-refractivity contribution in [2.24, 2.45) is 11.3 Å². The molecule has 1 aliphatic carbocycles. The molecule has 3 rings (SSSR count). The van der Waals surface area contributed by atoms with Crippen LogP contribution in [0.4, 0.5) is 18.0 Å². The van der Waals surface area contributed by atoms with Crippen LogP contribution in [-0.4, -0.2) is 41.3 Å². The molecule has 1 amide bonds. The molecule has 1 unspecified atom stereocenters. The topological polar surface area (TPSA) is 51.7 Å². The van der Waals surface area contributed by atoms with Crippen LogP contribution in [0.5, 0.6) is 5.88 Å². The number of nitrogens with zero attached hydrogens (tertiary/aromatic N) is 2. The predicted octanol–water partition coefficient (Wildman–Crippen LogP) is 4.91. The van der Waals surface area contributed by atoms with E-state index in [2.05, 4.69) is 4.98 Å². The van der Waals surface area contributed by atoms with Crippen molar-refractivity contribution in [2.45, 2.75) is 58.2 Å². The van der Waals surface area contributed by atoms with Gasteiger partial charge in [-0.2, -0.15) is 13.2 Å². The molecule has 2 fully saturated rings. The van der Waals surface area contributed by atoms with E-state index < -0.39 is 17.5 Å². The molecule has 1 spiro atoms. The highest BCUT2D eigenvalue weighted by molar-refractivity contribution is 5.68. The van der Waals surface area contributed by atoms with Crippen LogP contribution in [0.15, 0.2) is 18.2 Å². The number of halogens is 3. The normalized spacial score (nSPS) is 21.9. The van der Waals surface area contributed by atoms with Crippen LogP contribution < -0.4 is 4.74 Å². The average molecular weight is 400 g/mol. The molecule has 0 N–H and O–H groups in total. The maximum absolute atomic E-state index is 12.8. The van der Waals surface area contributed by atoms with Crippen LogP contribution in [0.1, 0.15) is 52.1 Å². The largest absolute Gasteiger partial charge is 0.477 e. The minimum absolute atomic E-state index is 0.00284. The minimum atomic E-state index is -4.48. The second-order valence-electron chi connectivity index (χ2n) is 8.74. The highest BCUT2D eigenvalue weighted by atomic mass is 19.4. The number of hydrogen-bond acceptors (Lipinski definition) is 4. The smallest absolute Gasteiger partial charge is 0.433 e. The molecule has 1 saturated carbocycles. The lowest BCUT2D eigenvalue weighted by atomic mass is 9.56. The molecule has 0 radical (unpaired) electrons.